The number of carbonyl (C=O) groups is 1. The number of fused-ring (bicyclic) bond motifs is 1. The average Bonchev–Trinajstić information content (AvgIpc) is 2.92. The quantitative estimate of drug-likeness (QED) is 0.908. The summed E-state index contributed by atoms with van der Waals surface area (Å²) < 4.78 is 10.7. The van der Waals surface area contributed by atoms with Crippen LogP contribution in [0.15, 0.2) is 29.6 Å². The minimum atomic E-state index is -0.291. The van der Waals surface area contributed by atoms with Crippen LogP contribution in [0.2, 0.25) is 0 Å². The van der Waals surface area contributed by atoms with Crippen LogP contribution in [-0.2, 0) is 0 Å². The van der Waals surface area contributed by atoms with E-state index in [0.29, 0.717) is 24.5 Å². The largest absolute Gasteiger partial charge is 0.496 e. The maximum absolute atomic E-state index is 12.0. The van der Waals surface area contributed by atoms with Gasteiger partial charge in [-0.15, -0.1) is 11.3 Å². The van der Waals surface area contributed by atoms with Gasteiger partial charge in [0, 0.05) is 10.3 Å². The van der Waals surface area contributed by atoms with E-state index < -0.39 is 0 Å². The lowest BCUT2D eigenvalue weighted by atomic mass is 10.0. The molecule has 0 saturated heterocycles. The molecule has 0 saturated carbocycles. The summed E-state index contributed by atoms with van der Waals surface area (Å²) in [5, 5.41) is 4.71. The summed E-state index contributed by atoms with van der Waals surface area (Å²) in [6.45, 7) is 0.989. The van der Waals surface area contributed by atoms with Crippen LogP contribution in [-0.4, -0.2) is 26.2 Å². The van der Waals surface area contributed by atoms with Crippen molar-refractivity contribution in [2.24, 2.45) is 5.73 Å². The first kappa shape index (κ1) is 13.9. The third-order valence-electron chi connectivity index (χ3n) is 3.39. The Kier molecular flexibility index (Phi) is 3.81. The highest BCUT2D eigenvalue weighted by molar-refractivity contribution is 7.10. The van der Waals surface area contributed by atoms with Crippen molar-refractivity contribution < 1.29 is 14.3 Å². The summed E-state index contributed by atoms with van der Waals surface area (Å²) in [7, 11) is 1.63. The number of benzene rings is 1. The number of ether oxygens (including phenoxy) is 2. The fourth-order valence-corrected chi connectivity index (χ4v) is 3.12. The summed E-state index contributed by atoms with van der Waals surface area (Å²) in [6, 6.07) is 7.12. The molecule has 1 aromatic heterocycles. The smallest absolute Gasteiger partial charge is 0.255 e. The summed E-state index contributed by atoms with van der Waals surface area (Å²) in [5.41, 5.74) is 7.69. The molecule has 3 N–H and O–H groups in total. The highest BCUT2D eigenvalue weighted by Crippen LogP contribution is 2.31. The van der Waals surface area contributed by atoms with E-state index in [2.05, 4.69) is 5.32 Å². The molecule has 3 rings (SSSR count). The molecular formula is C15H16N2O3S. The zero-order valence-corrected chi connectivity index (χ0v) is 12.4. The lowest BCUT2D eigenvalue weighted by molar-refractivity contribution is 0.0957. The Balaban J connectivity index is 1.93. The van der Waals surface area contributed by atoms with Crippen LogP contribution in [0.5, 0.6) is 11.5 Å². The van der Waals surface area contributed by atoms with Gasteiger partial charge in [0.1, 0.15) is 18.1 Å². The molecule has 2 heterocycles. The molecule has 1 amide bonds. The molecule has 1 aliphatic rings. The number of amides is 1. The Morgan fingerprint density at radius 1 is 1.43 bits per heavy atom. The molecule has 0 bridgehead atoms. The standard InChI is InChI=1S/C15H16N2O3S/c1-19-10-7-13(21-8-10)14(16)9-2-3-12-11(6-9)15(18)17-4-5-20-12/h2-3,6-8,14H,4-5,16H2,1H3,(H,17,18). The second-order valence-corrected chi connectivity index (χ2v) is 5.67. The number of nitrogens with two attached hydrogens (primary N) is 1. The molecule has 5 nitrogen and oxygen atoms in total. The molecule has 6 heteroatoms. The Morgan fingerprint density at radius 3 is 3.05 bits per heavy atom. The zero-order chi connectivity index (χ0) is 14.8. The van der Waals surface area contributed by atoms with Crippen LogP contribution in [0.25, 0.3) is 0 Å². The van der Waals surface area contributed by atoms with Crippen molar-refractivity contribution in [3.05, 3.63) is 45.6 Å². The SMILES string of the molecule is COc1csc(C(N)c2ccc3c(c2)C(=O)NCCO3)c1. The molecule has 1 atom stereocenters. The molecule has 0 aliphatic carbocycles. The first-order chi connectivity index (χ1) is 10.2. The van der Waals surface area contributed by atoms with E-state index in [1.54, 1.807) is 19.2 Å². The first-order valence-electron chi connectivity index (χ1n) is 6.62. The van der Waals surface area contributed by atoms with Crippen molar-refractivity contribution in [2.45, 2.75) is 6.04 Å². The van der Waals surface area contributed by atoms with E-state index in [4.69, 9.17) is 15.2 Å². The highest BCUT2D eigenvalue weighted by atomic mass is 32.1. The number of carbonyl (C=O) groups excluding carboxylic acids is 1. The van der Waals surface area contributed by atoms with Crippen LogP contribution in [0.4, 0.5) is 0 Å². The van der Waals surface area contributed by atoms with Gasteiger partial charge in [-0.3, -0.25) is 4.79 Å². The van der Waals surface area contributed by atoms with Gasteiger partial charge >= 0.3 is 0 Å². The van der Waals surface area contributed by atoms with Gasteiger partial charge in [-0.05, 0) is 23.8 Å². The van der Waals surface area contributed by atoms with E-state index >= 15 is 0 Å². The monoisotopic (exact) mass is 304 g/mol. The molecule has 110 valence electrons. The molecule has 1 aliphatic heterocycles. The summed E-state index contributed by atoms with van der Waals surface area (Å²) in [6.07, 6.45) is 0. The lowest BCUT2D eigenvalue weighted by Gasteiger charge is -2.13. The van der Waals surface area contributed by atoms with Gasteiger partial charge in [-0.1, -0.05) is 6.07 Å². The molecular weight excluding hydrogens is 288 g/mol. The minimum absolute atomic E-state index is 0.125. The zero-order valence-electron chi connectivity index (χ0n) is 11.6. The highest BCUT2D eigenvalue weighted by Gasteiger charge is 2.19. The summed E-state index contributed by atoms with van der Waals surface area (Å²) in [5.74, 6) is 1.27. The molecule has 1 aromatic carbocycles. The Labute approximate surface area is 126 Å². The Morgan fingerprint density at radius 2 is 2.29 bits per heavy atom. The van der Waals surface area contributed by atoms with Gasteiger partial charge in [-0.25, -0.2) is 0 Å². The molecule has 2 aromatic rings. The van der Waals surface area contributed by atoms with E-state index in [9.17, 15) is 4.79 Å². The second-order valence-electron chi connectivity index (χ2n) is 4.73. The number of hydrogen-bond donors (Lipinski definition) is 2. The fourth-order valence-electron chi connectivity index (χ4n) is 2.23. The van der Waals surface area contributed by atoms with Gasteiger partial charge < -0.3 is 20.5 Å². The van der Waals surface area contributed by atoms with Crippen molar-refractivity contribution in [3.63, 3.8) is 0 Å². The molecule has 0 radical (unpaired) electrons. The number of nitrogens with one attached hydrogen (secondary N) is 1. The van der Waals surface area contributed by atoms with Crippen LogP contribution in [0.3, 0.4) is 0 Å². The van der Waals surface area contributed by atoms with Gasteiger partial charge in [0.05, 0.1) is 25.3 Å². The van der Waals surface area contributed by atoms with E-state index in [1.807, 2.05) is 17.5 Å². The first-order valence-corrected chi connectivity index (χ1v) is 7.50. The van der Waals surface area contributed by atoms with Crippen molar-refractivity contribution in [2.75, 3.05) is 20.3 Å². The Hall–Kier alpha value is -2.05. The maximum atomic E-state index is 12.0. The topological polar surface area (TPSA) is 73.6 Å². The molecule has 0 fully saturated rings. The van der Waals surface area contributed by atoms with Crippen molar-refractivity contribution in [3.8, 4) is 11.5 Å². The average molecular weight is 304 g/mol. The molecule has 21 heavy (non-hydrogen) atoms. The van der Waals surface area contributed by atoms with Crippen LogP contribution in [0, 0.1) is 0 Å². The molecule has 1 unspecified atom stereocenters. The summed E-state index contributed by atoms with van der Waals surface area (Å²) >= 11 is 1.54. The number of rotatable bonds is 3. The normalized spacial score (nSPS) is 15.4. The second kappa shape index (κ2) is 5.75. The van der Waals surface area contributed by atoms with Gasteiger partial charge in [-0.2, -0.15) is 0 Å². The Bertz CT molecular complexity index is 669. The van der Waals surface area contributed by atoms with Gasteiger partial charge in [0.15, 0.2) is 0 Å². The summed E-state index contributed by atoms with van der Waals surface area (Å²) in [4.78, 5) is 13.0. The third-order valence-corrected chi connectivity index (χ3v) is 4.38. The van der Waals surface area contributed by atoms with E-state index in [0.717, 1.165) is 16.2 Å². The lowest BCUT2D eigenvalue weighted by Crippen LogP contribution is -2.24. The number of methoxy groups -OCH3 is 1. The van der Waals surface area contributed by atoms with E-state index in [1.165, 1.54) is 11.3 Å². The van der Waals surface area contributed by atoms with Gasteiger partial charge in [0.2, 0.25) is 0 Å². The van der Waals surface area contributed by atoms with Gasteiger partial charge in [0.25, 0.3) is 5.91 Å². The predicted molar refractivity (Wildman–Crippen MR) is 81.2 cm³/mol. The predicted octanol–water partition coefficient (Wildman–Crippen LogP) is 1.93. The maximum Gasteiger partial charge on any atom is 0.255 e. The number of hydrogen-bond acceptors (Lipinski definition) is 5. The number of thiophene rings is 1. The third kappa shape index (κ3) is 2.72. The van der Waals surface area contributed by atoms with Crippen molar-refractivity contribution >= 4 is 17.2 Å². The van der Waals surface area contributed by atoms with Crippen LogP contribution in [0.1, 0.15) is 26.8 Å². The van der Waals surface area contributed by atoms with Crippen LogP contribution >= 0.6 is 11.3 Å². The fraction of sp³-hybridized carbons (Fsp3) is 0.267. The van der Waals surface area contributed by atoms with E-state index in [-0.39, 0.29) is 11.9 Å². The van der Waals surface area contributed by atoms with Crippen molar-refractivity contribution in [1.82, 2.24) is 5.32 Å². The minimum Gasteiger partial charge on any atom is -0.496 e. The van der Waals surface area contributed by atoms with Crippen molar-refractivity contribution in [1.29, 1.82) is 0 Å². The molecule has 0 spiro atoms. The van der Waals surface area contributed by atoms with Crippen LogP contribution < -0.4 is 20.5 Å².